The van der Waals surface area contributed by atoms with E-state index in [1.807, 2.05) is 24.5 Å². The van der Waals surface area contributed by atoms with Crippen molar-refractivity contribution in [1.82, 2.24) is 10.3 Å². The van der Waals surface area contributed by atoms with Crippen molar-refractivity contribution in [1.29, 1.82) is 0 Å². The summed E-state index contributed by atoms with van der Waals surface area (Å²) >= 11 is 0. The predicted molar refractivity (Wildman–Crippen MR) is 48.9 cm³/mol. The molecule has 68 valence electrons. The summed E-state index contributed by atoms with van der Waals surface area (Å²) in [6.07, 6.45) is 4.90. The fourth-order valence-corrected chi connectivity index (χ4v) is 1.15. The lowest BCUT2D eigenvalue weighted by molar-refractivity contribution is 0.237. The van der Waals surface area contributed by atoms with Gasteiger partial charge < -0.3 is 15.4 Å². The number of rotatable bonds is 1. The average molecular weight is 168 g/mol. The molecule has 0 aromatic carbocycles. The van der Waals surface area contributed by atoms with Gasteiger partial charge in [-0.2, -0.15) is 0 Å². The van der Waals surface area contributed by atoms with Gasteiger partial charge in [-0.25, -0.2) is 0 Å². The van der Waals surface area contributed by atoms with E-state index in [-0.39, 0.29) is 0 Å². The van der Waals surface area contributed by atoms with E-state index in [1.54, 1.807) is 0 Å². The monoisotopic (exact) mass is 168 g/mol. The maximum absolute atomic E-state index is 8.53. The molecule has 1 aromatic heterocycles. The second-order valence-electron chi connectivity index (χ2n) is 2.93. The van der Waals surface area contributed by atoms with Crippen molar-refractivity contribution < 1.29 is 5.11 Å². The Morgan fingerprint density at radius 2 is 2.08 bits per heavy atom. The molecule has 1 fully saturated rings. The predicted octanol–water partition coefficient (Wildman–Crippen LogP) is 0.603. The lowest BCUT2D eigenvalue weighted by Gasteiger charge is -1.98. The van der Waals surface area contributed by atoms with Crippen LogP contribution < -0.4 is 5.32 Å². The topological polar surface area (TPSA) is 48.0 Å². The Kier molecular flexibility index (Phi) is 4.49. The molecule has 1 saturated heterocycles. The molecule has 3 heteroatoms. The van der Waals surface area contributed by atoms with Crippen molar-refractivity contribution in [2.45, 2.75) is 6.42 Å². The highest BCUT2D eigenvalue weighted by atomic mass is 16.3. The zero-order chi connectivity index (χ0) is 8.65. The zero-order valence-corrected chi connectivity index (χ0v) is 7.16. The number of aromatic nitrogens is 1. The molecule has 3 N–H and O–H groups in total. The van der Waals surface area contributed by atoms with Gasteiger partial charge in [0.05, 0.1) is 0 Å². The molecule has 0 saturated carbocycles. The van der Waals surface area contributed by atoms with Crippen LogP contribution in [0.1, 0.15) is 6.42 Å². The molecule has 1 unspecified atom stereocenters. The van der Waals surface area contributed by atoms with Crippen LogP contribution in [-0.2, 0) is 0 Å². The fraction of sp³-hybridized carbons (Fsp3) is 0.556. The number of nitrogens with one attached hydrogen (secondary N) is 2. The average Bonchev–Trinajstić information content (AvgIpc) is 2.81. The van der Waals surface area contributed by atoms with Crippen LogP contribution in [0.15, 0.2) is 24.5 Å². The minimum absolute atomic E-state index is 0.354. The second kappa shape index (κ2) is 5.80. The molecule has 0 amide bonds. The number of hydrogen-bond donors (Lipinski definition) is 3. The molecule has 0 spiro atoms. The Bertz CT molecular complexity index is 151. The summed E-state index contributed by atoms with van der Waals surface area (Å²) in [5.41, 5.74) is 0. The summed E-state index contributed by atoms with van der Waals surface area (Å²) in [6, 6.07) is 3.89. The molecular weight excluding hydrogens is 152 g/mol. The minimum Gasteiger partial charge on any atom is -0.396 e. The highest BCUT2D eigenvalue weighted by Crippen LogP contribution is 2.04. The highest BCUT2D eigenvalue weighted by molar-refractivity contribution is 4.84. The number of aromatic amines is 1. The van der Waals surface area contributed by atoms with Crippen molar-refractivity contribution >= 4 is 0 Å². The van der Waals surface area contributed by atoms with E-state index in [2.05, 4.69) is 10.3 Å². The van der Waals surface area contributed by atoms with Gasteiger partial charge in [0.1, 0.15) is 0 Å². The van der Waals surface area contributed by atoms with Crippen molar-refractivity contribution in [3.63, 3.8) is 0 Å². The third kappa shape index (κ3) is 3.55. The summed E-state index contributed by atoms with van der Waals surface area (Å²) in [6.45, 7) is 2.45. The number of hydrogen-bond acceptors (Lipinski definition) is 2. The van der Waals surface area contributed by atoms with Crippen LogP contribution in [-0.4, -0.2) is 29.8 Å². The summed E-state index contributed by atoms with van der Waals surface area (Å²) in [5.74, 6) is 0.542. The van der Waals surface area contributed by atoms with Crippen molar-refractivity contribution in [2.75, 3.05) is 19.7 Å². The summed E-state index contributed by atoms with van der Waals surface area (Å²) in [5, 5.41) is 11.7. The van der Waals surface area contributed by atoms with Gasteiger partial charge in [-0.05, 0) is 31.0 Å². The SMILES string of the molecule is OCC1CCNC1.c1cc[nH]c1. The first kappa shape index (κ1) is 9.29. The zero-order valence-electron chi connectivity index (χ0n) is 7.16. The van der Waals surface area contributed by atoms with E-state index >= 15 is 0 Å². The summed E-state index contributed by atoms with van der Waals surface area (Å²) in [7, 11) is 0. The molecule has 1 aliphatic heterocycles. The Balaban J connectivity index is 0.000000127. The van der Waals surface area contributed by atoms with Gasteiger partial charge in [-0.3, -0.25) is 0 Å². The highest BCUT2D eigenvalue weighted by Gasteiger charge is 2.11. The Morgan fingerprint density at radius 1 is 1.33 bits per heavy atom. The second-order valence-corrected chi connectivity index (χ2v) is 2.93. The Morgan fingerprint density at radius 3 is 2.33 bits per heavy atom. The van der Waals surface area contributed by atoms with Gasteiger partial charge in [-0.15, -0.1) is 0 Å². The lowest BCUT2D eigenvalue weighted by atomic mass is 10.1. The first-order valence-electron chi connectivity index (χ1n) is 4.33. The quantitative estimate of drug-likeness (QED) is 0.575. The maximum atomic E-state index is 8.53. The molecule has 0 radical (unpaired) electrons. The molecular formula is C9H16N2O. The van der Waals surface area contributed by atoms with E-state index in [0.717, 1.165) is 19.5 Å². The molecule has 1 atom stereocenters. The van der Waals surface area contributed by atoms with Crippen molar-refractivity contribution in [3.05, 3.63) is 24.5 Å². The first-order chi connectivity index (χ1) is 5.93. The number of aliphatic hydroxyl groups is 1. The maximum Gasteiger partial charge on any atom is 0.0471 e. The lowest BCUT2D eigenvalue weighted by Crippen LogP contribution is -2.11. The van der Waals surface area contributed by atoms with Crippen LogP contribution in [0.2, 0.25) is 0 Å². The van der Waals surface area contributed by atoms with Crippen molar-refractivity contribution in [2.24, 2.45) is 5.92 Å². The third-order valence-corrected chi connectivity index (χ3v) is 1.92. The number of aliphatic hydroxyl groups excluding tert-OH is 1. The van der Waals surface area contributed by atoms with E-state index in [9.17, 15) is 0 Å². The molecule has 12 heavy (non-hydrogen) atoms. The van der Waals surface area contributed by atoms with Gasteiger partial charge in [0, 0.05) is 25.5 Å². The summed E-state index contributed by atoms with van der Waals surface area (Å²) in [4.78, 5) is 2.86. The Hall–Kier alpha value is -0.800. The van der Waals surface area contributed by atoms with Crippen LogP contribution in [0, 0.1) is 5.92 Å². The van der Waals surface area contributed by atoms with Crippen LogP contribution in [0.4, 0.5) is 0 Å². The standard InChI is InChI=1S/C5H11NO.C4H5N/c7-4-5-1-2-6-3-5;1-2-4-5-3-1/h5-7H,1-4H2;1-5H. The smallest absolute Gasteiger partial charge is 0.0471 e. The van der Waals surface area contributed by atoms with E-state index in [1.165, 1.54) is 0 Å². The van der Waals surface area contributed by atoms with Gasteiger partial charge in [0.2, 0.25) is 0 Å². The van der Waals surface area contributed by atoms with E-state index < -0.39 is 0 Å². The largest absolute Gasteiger partial charge is 0.396 e. The molecule has 0 aliphatic carbocycles. The van der Waals surface area contributed by atoms with E-state index in [0.29, 0.717) is 12.5 Å². The van der Waals surface area contributed by atoms with Gasteiger partial charge in [-0.1, -0.05) is 0 Å². The van der Waals surface area contributed by atoms with Crippen LogP contribution >= 0.6 is 0 Å². The third-order valence-electron chi connectivity index (χ3n) is 1.92. The molecule has 3 nitrogen and oxygen atoms in total. The Labute approximate surface area is 72.8 Å². The minimum atomic E-state index is 0.354. The van der Waals surface area contributed by atoms with Gasteiger partial charge in [0.15, 0.2) is 0 Å². The molecule has 2 rings (SSSR count). The van der Waals surface area contributed by atoms with Crippen molar-refractivity contribution in [3.8, 4) is 0 Å². The molecule has 1 aliphatic rings. The number of H-pyrrole nitrogens is 1. The van der Waals surface area contributed by atoms with Crippen LogP contribution in [0.3, 0.4) is 0 Å². The first-order valence-corrected chi connectivity index (χ1v) is 4.33. The van der Waals surface area contributed by atoms with Crippen LogP contribution in [0.5, 0.6) is 0 Å². The molecule has 2 heterocycles. The van der Waals surface area contributed by atoms with Gasteiger partial charge in [0.25, 0.3) is 0 Å². The molecule has 0 bridgehead atoms. The summed E-state index contributed by atoms with van der Waals surface area (Å²) < 4.78 is 0. The van der Waals surface area contributed by atoms with E-state index in [4.69, 9.17) is 5.11 Å². The van der Waals surface area contributed by atoms with Gasteiger partial charge >= 0.3 is 0 Å². The van der Waals surface area contributed by atoms with Crippen LogP contribution in [0.25, 0.3) is 0 Å². The molecule has 1 aromatic rings. The normalized spacial score (nSPS) is 21.6. The fourth-order valence-electron chi connectivity index (χ4n) is 1.15.